The van der Waals surface area contributed by atoms with Crippen molar-refractivity contribution in [2.24, 2.45) is 0 Å². The molecule has 0 radical (unpaired) electrons. The number of halogens is 1. The largest absolute Gasteiger partial charge is 0.494 e. The van der Waals surface area contributed by atoms with E-state index in [4.69, 9.17) is 14.5 Å². The number of cyclic esters (lactones) is 1. The van der Waals surface area contributed by atoms with Crippen LogP contribution in [0.25, 0.3) is 22.3 Å². The molecule has 0 aliphatic carbocycles. The zero-order valence-electron chi connectivity index (χ0n) is 35.1. The van der Waals surface area contributed by atoms with Crippen LogP contribution in [0, 0.1) is 5.82 Å². The van der Waals surface area contributed by atoms with Gasteiger partial charge in [0, 0.05) is 78.6 Å². The summed E-state index contributed by atoms with van der Waals surface area (Å²) in [6.07, 6.45) is 2.76. The maximum Gasteiger partial charge on any atom is 0.343 e. The number of imide groups is 1. The lowest BCUT2D eigenvalue weighted by molar-refractivity contribution is -0.926. The van der Waals surface area contributed by atoms with Gasteiger partial charge in [0.1, 0.15) is 19.2 Å². The van der Waals surface area contributed by atoms with Crippen LogP contribution in [0.1, 0.15) is 60.9 Å². The minimum atomic E-state index is -1.97. The number of fused-ring (bicyclic) bond motifs is 5. The van der Waals surface area contributed by atoms with Gasteiger partial charge in [-0.3, -0.25) is 33.8 Å². The maximum absolute atomic E-state index is 15.2. The van der Waals surface area contributed by atoms with Crippen molar-refractivity contribution >= 4 is 46.2 Å². The number of ether oxygens (including phenoxy) is 2. The number of carbonyl (C=O) groups excluding carboxylic acids is 5. The number of hydrogen-bond acceptors (Lipinski definition) is 11. The Hall–Kier alpha value is -6.30. The molecule has 4 amide bonds. The van der Waals surface area contributed by atoms with E-state index in [0.717, 1.165) is 58.8 Å². The Balaban J connectivity index is 0.919. The smallest absolute Gasteiger partial charge is 0.343 e. The third-order valence-corrected chi connectivity index (χ3v) is 12.6. The monoisotopic (exact) mass is 850 g/mol. The molecule has 2 aromatic heterocycles. The first kappa shape index (κ1) is 42.4. The third-order valence-electron chi connectivity index (χ3n) is 12.6. The summed E-state index contributed by atoms with van der Waals surface area (Å²) in [6, 6.07) is 11.5. The Labute approximate surface area is 356 Å². The van der Waals surface area contributed by atoms with Crippen molar-refractivity contribution in [3.05, 3.63) is 98.6 Å². The number of pyridine rings is 2. The summed E-state index contributed by atoms with van der Waals surface area (Å²) < 4.78 is 28.2. The summed E-state index contributed by atoms with van der Waals surface area (Å²) in [5, 5.41) is 17.6. The maximum atomic E-state index is 15.2. The summed E-state index contributed by atoms with van der Waals surface area (Å²) in [7, 11) is 3.62. The first-order valence-corrected chi connectivity index (χ1v) is 20.8. The Morgan fingerprint density at radius 1 is 1.05 bits per heavy atom. The highest BCUT2D eigenvalue weighted by Crippen LogP contribution is 2.41. The number of aromatic nitrogens is 2. The van der Waals surface area contributed by atoms with Crippen molar-refractivity contribution in [2.45, 2.75) is 71.0 Å². The van der Waals surface area contributed by atoms with Gasteiger partial charge in [-0.15, -0.1) is 0 Å². The highest BCUT2D eigenvalue weighted by atomic mass is 19.1. The molecular formula is C45H49FN7O9+. The van der Waals surface area contributed by atoms with E-state index in [9.17, 15) is 33.9 Å². The number of likely N-dealkylation sites (N-methyl/N-ethyl adjacent to an activating group) is 1. The first-order chi connectivity index (χ1) is 29.6. The molecule has 324 valence electrons. The van der Waals surface area contributed by atoms with Gasteiger partial charge >= 0.3 is 5.97 Å². The van der Waals surface area contributed by atoms with E-state index in [-0.39, 0.29) is 73.2 Å². The van der Waals surface area contributed by atoms with Crippen LogP contribution in [0.15, 0.2) is 59.4 Å². The number of benzene rings is 2. The molecule has 16 nitrogen and oxygen atoms in total. The van der Waals surface area contributed by atoms with E-state index in [1.165, 1.54) is 25.3 Å². The fourth-order valence-corrected chi connectivity index (χ4v) is 8.84. The van der Waals surface area contributed by atoms with Crippen molar-refractivity contribution < 1.29 is 47.4 Å². The first-order valence-electron chi connectivity index (χ1n) is 20.8. The van der Waals surface area contributed by atoms with E-state index in [1.54, 1.807) is 30.5 Å². The normalized spacial score (nSPS) is 19.5. The number of nitrogens with zero attached hydrogens (tertiary/aromatic N) is 5. The van der Waals surface area contributed by atoms with Gasteiger partial charge in [0.25, 0.3) is 17.4 Å². The second-order valence-electron chi connectivity index (χ2n) is 16.8. The molecule has 62 heavy (non-hydrogen) atoms. The fourth-order valence-electron chi connectivity index (χ4n) is 8.84. The van der Waals surface area contributed by atoms with Gasteiger partial charge in [-0.1, -0.05) is 19.1 Å². The minimum Gasteiger partial charge on any atom is -0.494 e. The van der Waals surface area contributed by atoms with Gasteiger partial charge in [0.2, 0.25) is 11.8 Å². The number of piperazine rings is 1. The number of nitrogens with one attached hydrogen (secondary N) is 2. The quantitative estimate of drug-likeness (QED) is 0.0898. The highest BCUT2D eigenvalue weighted by molar-refractivity contribution is 6.12. The van der Waals surface area contributed by atoms with E-state index in [1.807, 2.05) is 24.3 Å². The lowest BCUT2D eigenvalue weighted by Crippen LogP contribution is -2.56. The number of hydrogen-bond donors (Lipinski definition) is 3. The number of carbonyl (C=O) groups is 5. The van der Waals surface area contributed by atoms with Crippen LogP contribution in [0.2, 0.25) is 0 Å². The molecule has 3 N–H and O–H groups in total. The molecule has 2 atom stereocenters. The Kier molecular flexibility index (Phi) is 11.3. The van der Waals surface area contributed by atoms with Crippen LogP contribution >= 0.6 is 0 Å². The van der Waals surface area contributed by atoms with Crippen molar-refractivity contribution in [2.75, 3.05) is 52.2 Å². The zero-order valence-corrected chi connectivity index (χ0v) is 35.1. The number of methoxy groups -OCH3 is 1. The summed E-state index contributed by atoms with van der Waals surface area (Å²) in [5.41, 5.74) is 2.86. The summed E-state index contributed by atoms with van der Waals surface area (Å²) in [4.78, 5) is 83.7. The predicted octanol–water partition coefficient (Wildman–Crippen LogP) is 2.84. The molecule has 6 heterocycles. The van der Waals surface area contributed by atoms with Crippen LogP contribution in [-0.2, 0) is 60.6 Å². The molecular weight excluding hydrogens is 802 g/mol. The molecule has 4 aliphatic rings. The third kappa shape index (κ3) is 7.87. The summed E-state index contributed by atoms with van der Waals surface area (Å²) in [5.74, 6) is -2.82. The number of quaternary nitrogens is 1. The Morgan fingerprint density at radius 2 is 1.76 bits per heavy atom. The zero-order chi connectivity index (χ0) is 44.1. The van der Waals surface area contributed by atoms with Crippen LogP contribution in [0.4, 0.5) is 10.1 Å². The van der Waals surface area contributed by atoms with E-state index < -0.39 is 35.2 Å². The second-order valence-corrected chi connectivity index (χ2v) is 16.8. The molecule has 4 aromatic rings. The van der Waals surface area contributed by atoms with Crippen molar-refractivity contribution in [3.63, 3.8) is 0 Å². The highest BCUT2D eigenvalue weighted by Gasteiger charge is 2.45. The molecule has 2 aromatic carbocycles. The average Bonchev–Trinajstić information content (AvgIpc) is 3.78. The molecule has 0 spiro atoms. The van der Waals surface area contributed by atoms with Crippen LogP contribution in [0.3, 0.4) is 0 Å². The van der Waals surface area contributed by atoms with E-state index in [2.05, 4.69) is 22.6 Å². The number of amides is 4. The fraction of sp³-hybridized carbons (Fsp3) is 0.400. The van der Waals surface area contributed by atoms with Crippen molar-refractivity contribution in [1.82, 2.24) is 24.7 Å². The molecule has 0 saturated carbocycles. The number of rotatable bonds is 13. The molecule has 0 unspecified atom stereocenters. The van der Waals surface area contributed by atoms with Gasteiger partial charge in [-0.25, -0.2) is 14.2 Å². The molecule has 1 fully saturated rings. The predicted molar refractivity (Wildman–Crippen MR) is 224 cm³/mol. The van der Waals surface area contributed by atoms with E-state index in [0.29, 0.717) is 34.5 Å². The van der Waals surface area contributed by atoms with Crippen LogP contribution in [-0.4, -0.2) is 111 Å². The summed E-state index contributed by atoms with van der Waals surface area (Å²) in [6.45, 7) is 7.76. The van der Waals surface area contributed by atoms with Gasteiger partial charge in [0.15, 0.2) is 17.2 Å². The minimum absolute atomic E-state index is 0.0196. The van der Waals surface area contributed by atoms with Gasteiger partial charge < -0.3 is 34.3 Å². The lowest BCUT2D eigenvalue weighted by Gasteiger charge is -2.42. The lowest BCUT2D eigenvalue weighted by atomic mass is 9.86. The Bertz CT molecular complexity index is 2600. The van der Waals surface area contributed by atoms with Crippen LogP contribution < -0.4 is 20.9 Å². The molecule has 1 saturated heterocycles. The number of aliphatic hydroxyl groups is 1. The van der Waals surface area contributed by atoms with Gasteiger partial charge in [-0.05, 0) is 49.6 Å². The topological polar surface area (TPSA) is 189 Å². The molecule has 17 heteroatoms. The SMILES string of the molecule is CC[C@@]1(O)C(=O)OCc2c1cc1n(c2=O)Cc2c-1nc1cc(F)c(OC)cc1c2CN1CC[N+](C)(Cc2ccc(NC(=O)[C@H](C)NC(=O)CCCN3C(=O)C=CC3=O)cc2)CC1. The number of esters is 1. The standard InChI is InChI=1S/C45H48FN7O9/c1-5-45(60)33-20-36-41-31(23-52(36)43(58)32(33)25-62-44(45)59)30(29-19-37(61-4)34(46)21-35(29)49-41)22-50-15-17-53(3,18-16-50)24-27-8-10-28(11-9-27)48-42(57)26(2)47-38(54)7-6-14-51-39(55)12-13-40(51)56/h8-13,19-21,26,60H,5-7,14-18,22-25H2,1-4H3,(H-,47,48,54,57)/p+1/t26-,45-/m0/s1. The van der Waals surface area contributed by atoms with Crippen molar-refractivity contribution in [1.29, 1.82) is 0 Å². The Morgan fingerprint density at radius 3 is 2.44 bits per heavy atom. The van der Waals surface area contributed by atoms with Gasteiger partial charge in [-0.2, -0.15) is 0 Å². The molecule has 8 rings (SSSR count). The molecule has 4 aliphatic heterocycles. The molecule has 0 bridgehead atoms. The van der Waals surface area contributed by atoms with Crippen LogP contribution in [0.5, 0.6) is 5.75 Å². The average molecular weight is 851 g/mol. The second kappa shape index (κ2) is 16.5. The number of anilines is 1. The summed E-state index contributed by atoms with van der Waals surface area (Å²) >= 11 is 0. The van der Waals surface area contributed by atoms with Crippen molar-refractivity contribution in [3.8, 4) is 17.1 Å². The van der Waals surface area contributed by atoms with E-state index >= 15 is 4.39 Å². The van der Waals surface area contributed by atoms with Gasteiger partial charge in [0.05, 0.1) is 56.3 Å².